The average Bonchev–Trinajstić information content (AvgIpc) is 3.41. The van der Waals surface area contributed by atoms with E-state index in [4.69, 9.17) is 4.98 Å². The van der Waals surface area contributed by atoms with E-state index < -0.39 is 0 Å². The fourth-order valence-electron chi connectivity index (χ4n) is 4.05. The molecule has 3 aromatic heterocycles. The Kier molecular flexibility index (Phi) is 3.79. The van der Waals surface area contributed by atoms with E-state index >= 15 is 0 Å². The van der Waals surface area contributed by atoms with Gasteiger partial charge < -0.3 is 4.57 Å². The lowest BCUT2D eigenvalue weighted by molar-refractivity contribution is 0.0990. The fourth-order valence-corrected chi connectivity index (χ4v) is 5.08. The van der Waals surface area contributed by atoms with Gasteiger partial charge in [-0.15, -0.1) is 11.3 Å². The molecular formula is C25H15N3O2S. The first-order chi connectivity index (χ1) is 15.1. The summed E-state index contributed by atoms with van der Waals surface area (Å²) < 4.78 is 2.91. The summed E-state index contributed by atoms with van der Waals surface area (Å²) in [6, 6.07) is 17.2. The smallest absolute Gasteiger partial charge is 0.197 e. The van der Waals surface area contributed by atoms with Crippen LogP contribution in [0.25, 0.3) is 37.8 Å². The predicted molar refractivity (Wildman–Crippen MR) is 122 cm³/mol. The van der Waals surface area contributed by atoms with Gasteiger partial charge in [0.25, 0.3) is 0 Å². The van der Waals surface area contributed by atoms with Crippen LogP contribution in [-0.4, -0.2) is 26.1 Å². The molecule has 3 heterocycles. The van der Waals surface area contributed by atoms with Gasteiger partial charge in [-0.1, -0.05) is 24.3 Å². The second-order valence-corrected chi connectivity index (χ2v) is 8.57. The van der Waals surface area contributed by atoms with E-state index in [1.54, 1.807) is 29.8 Å². The van der Waals surface area contributed by atoms with Crippen molar-refractivity contribution in [1.82, 2.24) is 14.5 Å². The standard InChI is InChI=1S/C25H15N3O2S/c1-28-17(12-21-24(28)27-25(31-21)16-7-4-8-26-13-16)11-20-22(29)18-9-14-5-2-3-6-15(14)10-19(18)23(20)30/h2-13H,1H3. The maximum absolute atomic E-state index is 13.0. The number of benzene rings is 2. The lowest BCUT2D eigenvalue weighted by atomic mass is 10.0. The molecule has 0 aliphatic heterocycles. The van der Waals surface area contributed by atoms with E-state index in [-0.39, 0.29) is 17.1 Å². The molecule has 0 atom stereocenters. The lowest BCUT2D eigenvalue weighted by Crippen LogP contribution is -2.02. The summed E-state index contributed by atoms with van der Waals surface area (Å²) in [6.07, 6.45) is 5.21. The number of thiazole rings is 1. The van der Waals surface area contributed by atoms with Crippen molar-refractivity contribution in [1.29, 1.82) is 0 Å². The van der Waals surface area contributed by atoms with E-state index in [0.717, 1.165) is 37.4 Å². The third-order valence-electron chi connectivity index (χ3n) is 5.68. The number of allylic oxidation sites excluding steroid dienone is 1. The molecule has 0 N–H and O–H groups in total. The number of Topliss-reactive ketones (excluding diaryl/α,β-unsaturated/α-hetero) is 2. The van der Waals surface area contributed by atoms with Gasteiger partial charge >= 0.3 is 0 Å². The lowest BCUT2D eigenvalue weighted by Gasteiger charge is -2.00. The topological polar surface area (TPSA) is 64.8 Å². The quantitative estimate of drug-likeness (QED) is 0.286. The minimum atomic E-state index is -0.223. The molecule has 31 heavy (non-hydrogen) atoms. The van der Waals surface area contributed by atoms with Crippen LogP contribution in [0, 0.1) is 0 Å². The molecule has 1 aliphatic rings. The molecule has 1 aliphatic carbocycles. The van der Waals surface area contributed by atoms with Gasteiger partial charge in [0.05, 0.1) is 10.3 Å². The molecule has 0 bridgehead atoms. The highest BCUT2D eigenvalue weighted by Crippen LogP contribution is 2.35. The zero-order chi connectivity index (χ0) is 21.1. The highest BCUT2D eigenvalue weighted by molar-refractivity contribution is 7.21. The van der Waals surface area contributed by atoms with Crippen LogP contribution in [0.15, 0.2) is 72.6 Å². The first-order valence-electron chi connectivity index (χ1n) is 9.81. The number of fused-ring (bicyclic) bond motifs is 3. The van der Waals surface area contributed by atoms with Crippen molar-refractivity contribution in [2.75, 3.05) is 0 Å². The number of aromatic nitrogens is 3. The van der Waals surface area contributed by atoms with Gasteiger partial charge in [0.15, 0.2) is 17.2 Å². The predicted octanol–water partition coefficient (Wildman–Crippen LogP) is 5.31. The van der Waals surface area contributed by atoms with Gasteiger partial charge in [-0.05, 0) is 47.2 Å². The van der Waals surface area contributed by atoms with Crippen LogP contribution in [0.3, 0.4) is 0 Å². The van der Waals surface area contributed by atoms with Crippen LogP contribution in [-0.2, 0) is 7.05 Å². The van der Waals surface area contributed by atoms with Crippen LogP contribution in [0.5, 0.6) is 0 Å². The number of carbonyl (C=O) groups is 2. The van der Waals surface area contributed by atoms with Gasteiger partial charge in [0.1, 0.15) is 5.01 Å². The molecule has 0 fully saturated rings. The summed E-state index contributed by atoms with van der Waals surface area (Å²) in [4.78, 5) is 35.0. The van der Waals surface area contributed by atoms with Crippen molar-refractivity contribution >= 4 is 50.1 Å². The Hall–Kier alpha value is -3.90. The number of aryl methyl sites for hydroxylation is 1. The molecule has 5 aromatic rings. The minimum absolute atomic E-state index is 0.200. The molecule has 0 saturated heterocycles. The molecule has 6 heteroatoms. The second kappa shape index (κ2) is 6.55. The largest absolute Gasteiger partial charge is 0.328 e. The number of hydrogen-bond donors (Lipinski definition) is 0. The van der Waals surface area contributed by atoms with Gasteiger partial charge in [0, 0.05) is 41.8 Å². The van der Waals surface area contributed by atoms with Gasteiger partial charge in [0.2, 0.25) is 0 Å². The molecule has 2 aromatic carbocycles. The summed E-state index contributed by atoms with van der Waals surface area (Å²) >= 11 is 1.56. The normalized spacial score (nSPS) is 13.4. The molecular weight excluding hydrogens is 406 g/mol. The Labute approximate surface area is 181 Å². The molecule has 0 radical (unpaired) electrons. The van der Waals surface area contributed by atoms with E-state index in [0.29, 0.717) is 11.1 Å². The Morgan fingerprint density at radius 2 is 1.65 bits per heavy atom. The number of hydrogen-bond acceptors (Lipinski definition) is 5. The van der Waals surface area contributed by atoms with Crippen LogP contribution in [0.4, 0.5) is 0 Å². The molecule has 0 unspecified atom stereocenters. The fraction of sp³-hybridized carbons (Fsp3) is 0.0400. The number of pyridine rings is 1. The van der Waals surface area contributed by atoms with Gasteiger partial charge in [-0.25, -0.2) is 4.98 Å². The maximum Gasteiger partial charge on any atom is 0.197 e. The number of rotatable bonds is 2. The minimum Gasteiger partial charge on any atom is -0.328 e. The Balaban J connectivity index is 1.43. The zero-order valence-electron chi connectivity index (χ0n) is 16.5. The van der Waals surface area contributed by atoms with Gasteiger partial charge in [-0.3, -0.25) is 14.6 Å². The molecule has 5 nitrogen and oxygen atoms in total. The third-order valence-corrected chi connectivity index (χ3v) is 6.72. The van der Waals surface area contributed by atoms with Crippen molar-refractivity contribution in [3.63, 3.8) is 0 Å². The number of carbonyl (C=O) groups excluding carboxylic acids is 2. The summed E-state index contributed by atoms with van der Waals surface area (Å²) in [7, 11) is 1.90. The highest BCUT2D eigenvalue weighted by atomic mass is 32.1. The van der Waals surface area contributed by atoms with Crippen LogP contribution in [0.1, 0.15) is 26.4 Å². The van der Waals surface area contributed by atoms with E-state index in [1.165, 1.54) is 0 Å². The third kappa shape index (κ3) is 2.69. The van der Waals surface area contributed by atoms with E-state index in [9.17, 15) is 9.59 Å². The zero-order valence-corrected chi connectivity index (χ0v) is 17.3. The maximum atomic E-state index is 13.0. The van der Waals surface area contributed by atoms with E-state index in [1.807, 2.05) is 66.2 Å². The Morgan fingerprint density at radius 3 is 2.26 bits per heavy atom. The summed E-state index contributed by atoms with van der Waals surface area (Å²) in [5.74, 6) is -0.446. The summed E-state index contributed by atoms with van der Waals surface area (Å²) in [6.45, 7) is 0. The molecule has 148 valence electrons. The molecule has 6 rings (SSSR count). The average molecular weight is 421 g/mol. The highest BCUT2D eigenvalue weighted by Gasteiger charge is 2.33. The van der Waals surface area contributed by atoms with Crippen LogP contribution < -0.4 is 0 Å². The van der Waals surface area contributed by atoms with Crippen molar-refractivity contribution in [3.05, 3.63) is 89.4 Å². The Morgan fingerprint density at radius 1 is 0.935 bits per heavy atom. The first-order valence-corrected chi connectivity index (χ1v) is 10.6. The first kappa shape index (κ1) is 17.9. The number of ketones is 2. The monoisotopic (exact) mass is 421 g/mol. The van der Waals surface area contributed by atoms with Crippen LogP contribution >= 0.6 is 11.3 Å². The van der Waals surface area contributed by atoms with E-state index in [2.05, 4.69) is 4.98 Å². The number of nitrogens with zero attached hydrogens (tertiary/aromatic N) is 3. The second-order valence-electron chi connectivity index (χ2n) is 7.54. The Bertz CT molecular complexity index is 1520. The molecule has 0 saturated carbocycles. The van der Waals surface area contributed by atoms with Crippen LogP contribution in [0.2, 0.25) is 0 Å². The van der Waals surface area contributed by atoms with Crippen molar-refractivity contribution in [3.8, 4) is 10.6 Å². The summed E-state index contributed by atoms with van der Waals surface area (Å²) in [5, 5.41) is 2.80. The van der Waals surface area contributed by atoms with Crippen molar-refractivity contribution in [2.24, 2.45) is 7.05 Å². The van der Waals surface area contributed by atoms with Crippen molar-refractivity contribution in [2.45, 2.75) is 0 Å². The van der Waals surface area contributed by atoms with Gasteiger partial charge in [-0.2, -0.15) is 0 Å². The molecule has 0 amide bonds. The molecule has 0 spiro atoms. The van der Waals surface area contributed by atoms with Crippen molar-refractivity contribution < 1.29 is 9.59 Å². The SMILES string of the molecule is Cn1c(C=C2C(=O)c3cc4ccccc4cc3C2=O)cc2sc(-c3cccnc3)nc21. The summed E-state index contributed by atoms with van der Waals surface area (Å²) in [5.41, 5.74) is 3.71.